The molecule has 5 nitrogen and oxygen atoms in total. The Morgan fingerprint density at radius 1 is 0.622 bits per heavy atom. The van der Waals surface area contributed by atoms with Crippen molar-refractivity contribution in [1.82, 2.24) is 0 Å². The minimum Gasteiger partial charge on any atom is -0.268 e. The molecule has 1 heterocycles. The molecule has 37 heavy (non-hydrogen) atoms. The van der Waals surface area contributed by atoms with E-state index in [0.717, 1.165) is 26.5 Å². The number of amides is 4. The number of imide groups is 2. The first-order valence-electron chi connectivity index (χ1n) is 12.1. The van der Waals surface area contributed by atoms with Crippen molar-refractivity contribution in [3.63, 3.8) is 0 Å². The van der Waals surface area contributed by atoms with Crippen LogP contribution in [0.15, 0.2) is 109 Å². The van der Waals surface area contributed by atoms with Crippen LogP contribution in [-0.2, 0) is 16.0 Å². The van der Waals surface area contributed by atoms with Gasteiger partial charge >= 0.3 is 6.03 Å². The van der Waals surface area contributed by atoms with Gasteiger partial charge in [-0.25, -0.2) is 14.6 Å². The van der Waals surface area contributed by atoms with Crippen molar-refractivity contribution < 1.29 is 14.4 Å². The summed E-state index contributed by atoms with van der Waals surface area (Å²) >= 11 is 0. The molecule has 0 radical (unpaired) electrons. The Hall–Kier alpha value is -4.77. The summed E-state index contributed by atoms with van der Waals surface area (Å²) in [4.78, 5) is 43.0. The number of barbiturate groups is 1. The van der Waals surface area contributed by atoms with Gasteiger partial charge < -0.3 is 0 Å². The summed E-state index contributed by atoms with van der Waals surface area (Å²) in [6.07, 6.45) is 2.26. The standard InChI is InChI=1S/C32H26N2O3/c1-22-17-23(2)19-24(18-22)20-25-11-9-10-12-26(25)21-29-30(35)33(27-13-5-3-6-14-27)32(37)34(31(29)36)28-15-7-4-8-16-28/h3-19,21H,20H2,1-2H3. The molecule has 182 valence electrons. The van der Waals surface area contributed by atoms with E-state index in [9.17, 15) is 14.4 Å². The second kappa shape index (κ2) is 10.1. The van der Waals surface area contributed by atoms with Gasteiger partial charge in [-0.1, -0.05) is 90.0 Å². The maximum absolute atomic E-state index is 13.7. The minimum absolute atomic E-state index is 0.0693. The average Bonchev–Trinajstić information content (AvgIpc) is 2.88. The third-order valence-corrected chi connectivity index (χ3v) is 6.31. The summed E-state index contributed by atoms with van der Waals surface area (Å²) in [5, 5.41) is 0. The summed E-state index contributed by atoms with van der Waals surface area (Å²) in [5.74, 6) is -1.29. The lowest BCUT2D eigenvalue weighted by Crippen LogP contribution is -2.57. The Morgan fingerprint density at radius 3 is 1.65 bits per heavy atom. The molecule has 0 N–H and O–H groups in total. The van der Waals surface area contributed by atoms with Gasteiger partial charge in [-0.05, 0) is 67.3 Å². The predicted molar refractivity (Wildman–Crippen MR) is 146 cm³/mol. The molecule has 0 atom stereocenters. The highest BCUT2D eigenvalue weighted by atomic mass is 16.2. The summed E-state index contributed by atoms with van der Waals surface area (Å²) in [6.45, 7) is 4.13. The fraction of sp³-hybridized carbons (Fsp3) is 0.0938. The molecule has 1 aliphatic heterocycles. The maximum Gasteiger partial charge on any atom is 0.343 e. The Morgan fingerprint density at radius 2 is 1.11 bits per heavy atom. The van der Waals surface area contributed by atoms with Gasteiger partial charge in [-0.3, -0.25) is 9.59 Å². The van der Waals surface area contributed by atoms with E-state index in [-0.39, 0.29) is 5.57 Å². The molecule has 1 saturated heterocycles. The maximum atomic E-state index is 13.7. The smallest absolute Gasteiger partial charge is 0.268 e. The van der Waals surface area contributed by atoms with Crippen LogP contribution in [0.3, 0.4) is 0 Å². The number of hydrogen-bond acceptors (Lipinski definition) is 3. The van der Waals surface area contributed by atoms with E-state index in [1.54, 1.807) is 54.6 Å². The van der Waals surface area contributed by atoms with Crippen molar-refractivity contribution in [1.29, 1.82) is 0 Å². The van der Waals surface area contributed by atoms with E-state index >= 15 is 0 Å². The second-order valence-electron chi connectivity index (χ2n) is 9.16. The third kappa shape index (κ3) is 4.84. The van der Waals surface area contributed by atoms with Gasteiger partial charge in [0.05, 0.1) is 11.4 Å². The zero-order valence-corrected chi connectivity index (χ0v) is 20.7. The molecule has 4 aromatic rings. The van der Waals surface area contributed by atoms with Crippen LogP contribution in [0.2, 0.25) is 0 Å². The number of carbonyl (C=O) groups is 3. The second-order valence-corrected chi connectivity index (χ2v) is 9.16. The first-order chi connectivity index (χ1) is 17.9. The van der Waals surface area contributed by atoms with Crippen LogP contribution in [0.4, 0.5) is 16.2 Å². The monoisotopic (exact) mass is 486 g/mol. The van der Waals surface area contributed by atoms with E-state index < -0.39 is 17.8 Å². The van der Waals surface area contributed by atoms with Crippen molar-refractivity contribution in [3.05, 3.63) is 137 Å². The molecule has 0 aliphatic carbocycles. The summed E-state index contributed by atoms with van der Waals surface area (Å²) in [5.41, 5.74) is 5.99. The Kier molecular flexibility index (Phi) is 6.52. The molecule has 0 saturated carbocycles. The van der Waals surface area contributed by atoms with Crippen molar-refractivity contribution in [2.75, 3.05) is 9.80 Å². The molecule has 0 aromatic heterocycles. The molecular formula is C32H26N2O3. The van der Waals surface area contributed by atoms with Crippen molar-refractivity contribution >= 4 is 35.3 Å². The topological polar surface area (TPSA) is 57.7 Å². The van der Waals surface area contributed by atoms with Gasteiger partial charge in [-0.2, -0.15) is 0 Å². The number of nitrogens with zero attached hydrogens (tertiary/aromatic N) is 2. The van der Waals surface area contributed by atoms with E-state index in [4.69, 9.17) is 0 Å². The van der Waals surface area contributed by atoms with Crippen LogP contribution in [0.1, 0.15) is 27.8 Å². The molecule has 1 aliphatic rings. The molecule has 1 fully saturated rings. The quantitative estimate of drug-likeness (QED) is 0.240. The van der Waals surface area contributed by atoms with Crippen LogP contribution in [-0.4, -0.2) is 17.8 Å². The number of rotatable bonds is 5. The van der Waals surface area contributed by atoms with Crippen LogP contribution in [0, 0.1) is 13.8 Å². The van der Waals surface area contributed by atoms with Gasteiger partial charge in [-0.15, -0.1) is 0 Å². The molecule has 0 unspecified atom stereocenters. The SMILES string of the molecule is Cc1cc(C)cc(Cc2ccccc2C=C2C(=O)N(c3ccccc3)C(=O)N(c3ccccc3)C2=O)c1. The number of aryl methyl sites for hydroxylation is 2. The van der Waals surface area contributed by atoms with Crippen LogP contribution in [0.25, 0.3) is 6.08 Å². The van der Waals surface area contributed by atoms with E-state index in [0.29, 0.717) is 17.8 Å². The zero-order valence-electron chi connectivity index (χ0n) is 20.7. The number of para-hydroxylation sites is 2. The molecule has 0 spiro atoms. The van der Waals surface area contributed by atoms with Crippen molar-refractivity contribution in [2.45, 2.75) is 20.3 Å². The first-order valence-corrected chi connectivity index (χ1v) is 12.1. The summed E-state index contributed by atoms with van der Waals surface area (Å²) in [7, 11) is 0. The average molecular weight is 487 g/mol. The molecule has 5 rings (SSSR count). The van der Waals surface area contributed by atoms with E-state index in [1.807, 2.05) is 36.4 Å². The van der Waals surface area contributed by atoms with Gasteiger partial charge in [0.1, 0.15) is 5.57 Å². The van der Waals surface area contributed by atoms with Crippen molar-refractivity contribution in [3.8, 4) is 0 Å². The lowest BCUT2D eigenvalue weighted by atomic mass is 9.95. The lowest BCUT2D eigenvalue weighted by molar-refractivity contribution is -0.121. The van der Waals surface area contributed by atoms with Gasteiger partial charge in [0.2, 0.25) is 0 Å². The fourth-order valence-corrected chi connectivity index (χ4v) is 4.72. The molecule has 0 bridgehead atoms. The fourth-order valence-electron chi connectivity index (χ4n) is 4.72. The number of hydrogen-bond donors (Lipinski definition) is 0. The van der Waals surface area contributed by atoms with E-state index in [2.05, 4.69) is 32.0 Å². The van der Waals surface area contributed by atoms with E-state index in [1.165, 1.54) is 11.1 Å². The summed E-state index contributed by atoms with van der Waals surface area (Å²) < 4.78 is 0. The van der Waals surface area contributed by atoms with Gasteiger partial charge in [0.25, 0.3) is 11.8 Å². The molecular weight excluding hydrogens is 460 g/mol. The third-order valence-electron chi connectivity index (χ3n) is 6.31. The lowest BCUT2D eigenvalue weighted by Gasteiger charge is -2.34. The van der Waals surface area contributed by atoms with Gasteiger partial charge in [0, 0.05) is 0 Å². The normalized spacial score (nSPS) is 13.8. The van der Waals surface area contributed by atoms with Crippen molar-refractivity contribution in [2.24, 2.45) is 0 Å². The highest BCUT2D eigenvalue weighted by molar-refractivity contribution is 6.46. The minimum atomic E-state index is -0.701. The largest absolute Gasteiger partial charge is 0.343 e. The molecule has 4 amide bonds. The number of urea groups is 1. The van der Waals surface area contributed by atoms with Crippen LogP contribution in [0.5, 0.6) is 0 Å². The zero-order chi connectivity index (χ0) is 25.9. The summed E-state index contributed by atoms with van der Waals surface area (Å²) in [6, 6.07) is 30.8. The predicted octanol–water partition coefficient (Wildman–Crippen LogP) is 6.48. The Bertz CT molecular complexity index is 1440. The number of benzene rings is 4. The molecule has 5 heteroatoms. The Labute approximate surface area is 216 Å². The number of anilines is 2. The van der Waals surface area contributed by atoms with Crippen LogP contribution >= 0.6 is 0 Å². The Balaban J connectivity index is 1.61. The van der Waals surface area contributed by atoms with Crippen LogP contribution < -0.4 is 9.80 Å². The first kappa shape index (κ1) is 23.9. The molecule has 4 aromatic carbocycles. The van der Waals surface area contributed by atoms with Gasteiger partial charge in [0.15, 0.2) is 0 Å². The highest BCUT2D eigenvalue weighted by Crippen LogP contribution is 2.30. The number of carbonyl (C=O) groups excluding carboxylic acids is 3. The highest BCUT2D eigenvalue weighted by Gasteiger charge is 2.43.